The largest absolute Gasteiger partial charge is 0.466 e. The van der Waals surface area contributed by atoms with E-state index in [1.807, 2.05) is 6.08 Å². The van der Waals surface area contributed by atoms with Crippen molar-refractivity contribution in [3.8, 4) is 0 Å². The van der Waals surface area contributed by atoms with Crippen LogP contribution in [0.5, 0.6) is 0 Å². The Morgan fingerprint density at radius 2 is 0.641 bits per heavy atom. The number of hydrogen-bond acceptors (Lipinski definition) is 5. The molecule has 0 aliphatic carbocycles. The van der Waals surface area contributed by atoms with Crippen LogP contribution in [0.3, 0.4) is 0 Å². The first-order chi connectivity index (χ1) is 38.5. The topological polar surface area (TPSA) is 95.9 Å². The second-order valence-electron chi connectivity index (χ2n) is 23.9. The second kappa shape index (κ2) is 67.3. The third kappa shape index (κ3) is 63.0. The van der Waals surface area contributed by atoms with Gasteiger partial charge in [0.25, 0.3) is 0 Å². The number of hydrogen-bond donors (Lipinski definition) is 3. The van der Waals surface area contributed by atoms with Crippen LogP contribution in [0, 0.1) is 0 Å². The van der Waals surface area contributed by atoms with Crippen molar-refractivity contribution in [2.75, 3.05) is 13.2 Å². The molecule has 6 nitrogen and oxygen atoms in total. The lowest BCUT2D eigenvalue weighted by Gasteiger charge is -2.20. The predicted octanol–water partition coefficient (Wildman–Crippen LogP) is 22.5. The average molecular weight is 1090 g/mol. The molecule has 0 aliphatic rings. The minimum absolute atomic E-state index is 0.000000193. The van der Waals surface area contributed by atoms with Crippen molar-refractivity contribution in [2.24, 2.45) is 0 Å². The van der Waals surface area contributed by atoms with Crippen molar-refractivity contribution >= 4 is 11.9 Å². The molecule has 0 aliphatic heterocycles. The Morgan fingerprint density at radius 3 is 1.01 bits per heavy atom. The molecule has 2 atom stereocenters. The lowest BCUT2D eigenvalue weighted by atomic mass is 10.0. The molecule has 0 heterocycles. The Balaban J connectivity index is 3.35. The van der Waals surface area contributed by atoms with Crippen LogP contribution in [-0.4, -0.2) is 47.4 Å². The first-order valence-corrected chi connectivity index (χ1v) is 34.9. The zero-order valence-corrected chi connectivity index (χ0v) is 52.4. The first kappa shape index (κ1) is 75.8. The van der Waals surface area contributed by atoms with Crippen LogP contribution in [0.15, 0.2) is 48.6 Å². The van der Waals surface area contributed by atoms with Crippen molar-refractivity contribution in [1.29, 1.82) is 0 Å². The highest BCUT2D eigenvalue weighted by molar-refractivity contribution is 5.76. The zero-order chi connectivity index (χ0) is 56.4. The Bertz CT molecular complexity index is 1310. The van der Waals surface area contributed by atoms with E-state index >= 15 is 0 Å². The van der Waals surface area contributed by atoms with Gasteiger partial charge in [0, 0.05) is 12.8 Å². The third-order valence-corrected chi connectivity index (χ3v) is 16.1. The van der Waals surface area contributed by atoms with Gasteiger partial charge in [-0.1, -0.05) is 319 Å². The van der Waals surface area contributed by atoms with Gasteiger partial charge in [0.1, 0.15) is 0 Å². The van der Waals surface area contributed by atoms with E-state index in [2.05, 4.69) is 55.6 Å². The van der Waals surface area contributed by atoms with Gasteiger partial charge in [0.05, 0.1) is 25.4 Å². The molecule has 0 fully saturated rings. The van der Waals surface area contributed by atoms with E-state index in [1.54, 1.807) is 6.08 Å². The molecule has 6 heteroatoms. The van der Waals surface area contributed by atoms with Gasteiger partial charge in [-0.15, -0.1) is 0 Å². The fourth-order valence-corrected chi connectivity index (χ4v) is 10.7. The van der Waals surface area contributed by atoms with Crippen LogP contribution in [0.2, 0.25) is 0 Å². The first-order valence-electron chi connectivity index (χ1n) is 34.9. The highest BCUT2D eigenvalue weighted by Crippen LogP contribution is 2.18. The Labute approximate surface area is 486 Å². The summed E-state index contributed by atoms with van der Waals surface area (Å²) in [6.45, 7) is 4.88. The summed E-state index contributed by atoms with van der Waals surface area (Å²) in [5.74, 6) is -0.0633. The molecule has 1 amide bonds. The molecule has 0 bridgehead atoms. The highest BCUT2D eigenvalue weighted by atomic mass is 16.5. The zero-order valence-electron chi connectivity index (χ0n) is 52.4. The van der Waals surface area contributed by atoms with E-state index in [0.717, 1.165) is 51.4 Å². The molecule has 0 unspecified atom stereocenters. The molecule has 3 N–H and O–H groups in total. The third-order valence-electron chi connectivity index (χ3n) is 16.1. The maximum absolute atomic E-state index is 12.5. The molecular formula is C72H135NO5. The number of ether oxygens (including phenoxy) is 1. The fourth-order valence-electron chi connectivity index (χ4n) is 10.7. The monoisotopic (exact) mass is 1090 g/mol. The number of carbonyl (C=O) groups is 2. The molecule has 0 aromatic carbocycles. The summed E-state index contributed by atoms with van der Waals surface area (Å²) >= 11 is 0. The van der Waals surface area contributed by atoms with Crippen molar-refractivity contribution in [3.05, 3.63) is 48.6 Å². The van der Waals surface area contributed by atoms with Crippen LogP contribution in [-0.2, 0) is 14.3 Å². The van der Waals surface area contributed by atoms with Gasteiger partial charge in [-0.25, -0.2) is 0 Å². The fraction of sp³-hybridized carbons (Fsp3) is 0.861. The number of amides is 1. The highest BCUT2D eigenvalue weighted by Gasteiger charge is 2.18. The molecular weight excluding hydrogens is 959 g/mol. The Hall–Kier alpha value is -2.18. The maximum Gasteiger partial charge on any atom is 0.305 e. The molecule has 0 radical (unpaired) electrons. The summed E-state index contributed by atoms with van der Waals surface area (Å²) < 4.78 is 5.48. The summed E-state index contributed by atoms with van der Waals surface area (Å²) in [5.41, 5.74) is 0. The van der Waals surface area contributed by atoms with Gasteiger partial charge in [-0.3, -0.25) is 9.59 Å². The van der Waals surface area contributed by atoms with E-state index in [0.29, 0.717) is 19.4 Å². The summed E-state index contributed by atoms with van der Waals surface area (Å²) in [7, 11) is 0. The SMILES string of the molecule is CCCCC/C=C\C/C=C\CCCCCCCC(=O)OCCCCCCCC/C=C/CCCCCCCCCCCCCCCCCCCCCCCCCC(=O)N[C@@H](CO)[C@H](O)/C=C/CCCCCCCCCCCCC. The lowest BCUT2D eigenvalue weighted by molar-refractivity contribution is -0.143. The molecule has 0 spiro atoms. The lowest BCUT2D eigenvalue weighted by Crippen LogP contribution is -2.45. The van der Waals surface area contributed by atoms with E-state index in [-0.39, 0.29) is 18.5 Å². The van der Waals surface area contributed by atoms with Crippen LogP contribution >= 0.6 is 0 Å². The molecule has 0 rings (SSSR count). The van der Waals surface area contributed by atoms with Crippen molar-refractivity contribution in [2.45, 2.75) is 386 Å². The van der Waals surface area contributed by atoms with E-state index in [9.17, 15) is 19.8 Å². The maximum atomic E-state index is 12.5. The van der Waals surface area contributed by atoms with Gasteiger partial charge in [0.15, 0.2) is 0 Å². The van der Waals surface area contributed by atoms with Gasteiger partial charge in [0.2, 0.25) is 5.91 Å². The van der Waals surface area contributed by atoms with E-state index < -0.39 is 12.1 Å². The standard InChI is InChI=1S/C72H135NO5/c1-3-5-7-9-11-13-15-17-37-42-46-50-54-58-62-66-72(77)78-67-63-59-55-51-47-43-39-36-34-32-30-28-26-24-22-20-18-19-21-23-25-27-29-31-33-35-38-41-45-49-53-57-61-65-71(76)73-69(68-74)70(75)64-60-56-52-48-44-40-16-14-12-10-8-6-4-2/h11,13,17,34,36-37,60,64,69-70,74-75H,3-10,12,14-16,18-33,35,38-59,61-63,65-68H2,1-2H3,(H,73,76)/b13-11-,36-34+,37-17-,64-60+/t69-,70+/m0/s1. The van der Waals surface area contributed by atoms with Crippen molar-refractivity contribution < 1.29 is 24.5 Å². The van der Waals surface area contributed by atoms with E-state index in [4.69, 9.17) is 4.74 Å². The van der Waals surface area contributed by atoms with Crippen molar-refractivity contribution in [3.63, 3.8) is 0 Å². The average Bonchev–Trinajstić information content (AvgIpc) is 3.44. The minimum atomic E-state index is -0.841. The molecule has 458 valence electrons. The van der Waals surface area contributed by atoms with Crippen LogP contribution in [0.1, 0.15) is 373 Å². The molecule has 0 saturated heterocycles. The van der Waals surface area contributed by atoms with Crippen LogP contribution in [0.25, 0.3) is 0 Å². The minimum Gasteiger partial charge on any atom is -0.466 e. The summed E-state index contributed by atoms with van der Waals surface area (Å²) in [5, 5.41) is 23.1. The number of allylic oxidation sites excluding steroid dienone is 7. The smallest absolute Gasteiger partial charge is 0.305 e. The number of unbranched alkanes of at least 4 members (excludes halogenated alkanes) is 48. The summed E-state index contributed by atoms with van der Waals surface area (Å²) in [4.78, 5) is 24.5. The number of carbonyl (C=O) groups excluding carboxylic acids is 2. The number of esters is 1. The summed E-state index contributed by atoms with van der Waals surface area (Å²) in [6, 6.07) is -0.624. The van der Waals surface area contributed by atoms with Crippen molar-refractivity contribution in [1.82, 2.24) is 5.32 Å². The number of nitrogens with one attached hydrogen (secondary N) is 1. The number of aliphatic hydroxyl groups is 2. The van der Waals surface area contributed by atoms with Gasteiger partial charge in [-0.05, 0) is 89.9 Å². The number of aliphatic hydroxyl groups excluding tert-OH is 2. The van der Waals surface area contributed by atoms with E-state index in [1.165, 1.54) is 295 Å². The number of rotatable bonds is 65. The Kier molecular flexibility index (Phi) is 65.4. The van der Waals surface area contributed by atoms with Crippen LogP contribution < -0.4 is 5.32 Å². The summed E-state index contributed by atoms with van der Waals surface area (Å²) in [6.07, 6.45) is 87.7. The second-order valence-corrected chi connectivity index (χ2v) is 23.9. The molecule has 0 aromatic heterocycles. The molecule has 0 saturated carbocycles. The predicted molar refractivity (Wildman–Crippen MR) is 342 cm³/mol. The molecule has 0 aromatic rings. The molecule has 78 heavy (non-hydrogen) atoms. The van der Waals surface area contributed by atoms with Crippen LogP contribution in [0.4, 0.5) is 0 Å². The van der Waals surface area contributed by atoms with Gasteiger partial charge in [-0.2, -0.15) is 0 Å². The van der Waals surface area contributed by atoms with Gasteiger partial charge >= 0.3 is 5.97 Å². The van der Waals surface area contributed by atoms with Gasteiger partial charge < -0.3 is 20.3 Å². The Morgan fingerprint density at radius 1 is 0.359 bits per heavy atom. The quantitative estimate of drug-likeness (QED) is 0.0320. The normalized spacial score (nSPS) is 12.8.